The van der Waals surface area contributed by atoms with Gasteiger partial charge in [0.1, 0.15) is 5.82 Å². The van der Waals surface area contributed by atoms with Crippen LogP contribution in [-0.4, -0.2) is 23.0 Å². The summed E-state index contributed by atoms with van der Waals surface area (Å²) in [4.78, 5) is 21.6. The predicted octanol–water partition coefficient (Wildman–Crippen LogP) is 3.39. The molecule has 0 unspecified atom stereocenters. The zero-order chi connectivity index (χ0) is 13.4. The molecule has 5 heteroatoms. The molecule has 0 atom stereocenters. The number of rotatable bonds is 2. The van der Waals surface area contributed by atoms with Gasteiger partial charge in [0.25, 0.3) is 0 Å². The summed E-state index contributed by atoms with van der Waals surface area (Å²) in [6.07, 6.45) is 0. The molecule has 0 aliphatic heterocycles. The summed E-state index contributed by atoms with van der Waals surface area (Å²) in [5, 5.41) is 0. The minimum absolute atomic E-state index is 0.343. The number of fused-ring (bicyclic) bond motifs is 1. The molecular weight excluding hydrogens is 260 g/mol. The van der Waals surface area contributed by atoms with E-state index in [1.165, 1.54) is 12.0 Å². The SMILES string of the molecule is COC(=O)c1ccc2nc(-c3ccc(C)s3)[nH]c2c1. The molecule has 2 heterocycles. The second-order valence-corrected chi connectivity index (χ2v) is 5.51. The topological polar surface area (TPSA) is 55.0 Å². The van der Waals surface area contributed by atoms with E-state index in [0.717, 1.165) is 21.7 Å². The number of esters is 1. The monoisotopic (exact) mass is 272 g/mol. The van der Waals surface area contributed by atoms with Crippen LogP contribution < -0.4 is 0 Å². The van der Waals surface area contributed by atoms with Gasteiger partial charge in [0.2, 0.25) is 0 Å². The van der Waals surface area contributed by atoms with Crippen molar-refractivity contribution in [1.29, 1.82) is 0 Å². The molecule has 0 amide bonds. The normalized spacial score (nSPS) is 10.8. The highest BCUT2D eigenvalue weighted by Crippen LogP contribution is 2.27. The predicted molar refractivity (Wildman–Crippen MR) is 75.5 cm³/mol. The fraction of sp³-hybridized carbons (Fsp3) is 0.143. The minimum Gasteiger partial charge on any atom is -0.465 e. The number of methoxy groups -OCH3 is 1. The zero-order valence-electron chi connectivity index (χ0n) is 10.6. The van der Waals surface area contributed by atoms with Gasteiger partial charge in [-0.05, 0) is 37.3 Å². The van der Waals surface area contributed by atoms with Crippen LogP contribution in [0.15, 0.2) is 30.3 Å². The second-order valence-electron chi connectivity index (χ2n) is 4.22. The number of hydrogen-bond acceptors (Lipinski definition) is 4. The van der Waals surface area contributed by atoms with Gasteiger partial charge in [-0.1, -0.05) is 0 Å². The highest BCUT2D eigenvalue weighted by Gasteiger charge is 2.10. The van der Waals surface area contributed by atoms with E-state index in [0.29, 0.717) is 5.56 Å². The molecule has 0 aliphatic carbocycles. The number of imidazole rings is 1. The number of benzene rings is 1. The van der Waals surface area contributed by atoms with E-state index < -0.39 is 0 Å². The first kappa shape index (κ1) is 11.9. The van der Waals surface area contributed by atoms with E-state index >= 15 is 0 Å². The first-order valence-electron chi connectivity index (χ1n) is 5.82. The Morgan fingerprint density at radius 2 is 2.16 bits per heavy atom. The number of aryl methyl sites for hydroxylation is 1. The maximum absolute atomic E-state index is 11.5. The zero-order valence-corrected chi connectivity index (χ0v) is 11.4. The Morgan fingerprint density at radius 1 is 1.32 bits per heavy atom. The third kappa shape index (κ3) is 2.13. The molecular formula is C14H12N2O2S. The molecule has 1 aromatic carbocycles. The number of carbonyl (C=O) groups is 1. The Morgan fingerprint density at radius 3 is 2.84 bits per heavy atom. The highest BCUT2D eigenvalue weighted by atomic mass is 32.1. The average molecular weight is 272 g/mol. The van der Waals surface area contributed by atoms with Crippen LogP contribution in [0.5, 0.6) is 0 Å². The molecule has 0 aliphatic rings. The molecule has 96 valence electrons. The summed E-state index contributed by atoms with van der Waals surface area (Å²) in [5.74, 6) is 0.486. The maximum atomic E-state index is 11.5. The smallest absolute Gasteiger partial charge is 0.337 e. The van der Waals surface area contributed by atoms with Gasteiger partial charge >= 0.3 is 5.97 Å². The third-order valence-corrected chi connectivity index (χ3v) is 3.88. The number of thiophene rings is 1. The van der Waals surface area contributed by atoms with Crippen molar-refractivity contribution in [3.05, 3.63) is 40.8 Å². The number of aromatic nitrogens is 2. The minimum atomic E-state index is -0.343. The number of ether oxygens (including phenoxy) is 1. The van der Waals surface area contributed by atoms with Crippen molar-refractivity contribution in [2.75, 3.05) is 7.11 Å². The van der Waals surface area contributed by atoms with Crippen molar-refractivity contribution in [1.82, 2.24) is 9.97 Å². The lowest BCUT2D eigenvalue weighted by Gasteiger charge is -1.97. The molecule has 1 N–H and O–H groups in total. The van der Waals surface area contributed by atoms with Gasteiger partial charge in [-0.2, -0.15) is 0 Å². The quantitative estimate of drug-likeness (QED) is 0.727. The number of nitrogens with zero attached hydrogens (tertiary/aromatic N) is 1. The molecule has 0 saturated carbocycles. The van der Waals surface area contributed by atoms with Crippen LogP contribution in [0.25, 0.3) is 21.7 Å². The summed E-state index contributed by atoms with van der Waals surface area (Å²) in [6.45, 7) is 2.06. The number of hydrogen-bond donors (Lipinski definition) is 1. The van der Waals surface area contributed by atoms with Crippen LogP contribution >= 0.6 is 11.3 Å². The van der Waals surface area contributed by atoms with Crippen LogP contribution in [0.1, 0.15) is 15.2 Å². The number of aromatic amines is 1. The average Bonchev–Trinajstić information content (AvgIpc) is 3.02. The summed E-state index contributed by atoms with van der Waals surface area (Å²) in [6, 6.07) is 9.41. The Kier molecular flexibility index (Phi) is 2.83. The van der Waals surface area contributed by atoms with Gasteiger partial charge < -0.3 is 9.72 Å². The molecule has 0 fully saturated rings. The van der Waals surface area contributed by atoms with Crippen LogP contribution in [-0.2, 0) is 4.74 Å². The summed E-state index contributed by atoms with van der Waals surface area (Å²) in [5.41, 5.74) is 2.20. The van der Waals surface area contributed by atoms with E-state index in [1.54, 1.807) is 23.5 Å². The first-order chi connectivity index (χ1) is 9.17. The van der Waals surface area contributed by atoms with E-state index in [-0.39, 0.29) is 5.97 Å². The molecule has 2 aromatic heterocycles. The van der Waals surface area contributed by atoms with E-state index in [1.807, 2.05) is 12.1 Å². The van der Waals surface area contributed by atoms with Gasteiger partial charge in [0.05, 0.1) is 28.6 Å². The fourth-order valence-electron chi connectivity index (χ4n) is 1.93. The molecule has 19 heavy (non-hydrogen) atoms. The van der Waals surface area contributed by atoms with Gasteiger partial charge in [0.15, 0.2) is 0 Å². The van der Waals surface area contributed by atoms with Gasteiger partial charge in [0, 0.05) is 4.88 Å². The molecule has 0 bridgehead atoms. The third-order valence-electron chi connectivity index (χ3n) is 2.88. The van der Waals surface area contributed by atoms with Gasteiger partial charge in [-0.15, -0.1) is 11.3 Å². The first-order valence-corrected chi connectivity index (χ1v) is 6.64. The molecule has 0 radical (unpaired) electrons. The number of nitrogens with one attached hydrogen (secondary N) is 1. The van der Waals surface area contributed by atoms with Crippen LogP contribution in [0.4, 0.5) is 0 Å². The Labute approximate surface area is 114 Å². The van der Waals surface area contributed by atoms with E-state index in [9.17, 15) is 4.79 Å². The van der Waals surface area contributed by atoms with Crippen LogP contribution in [0.2, 0.25) is 0 Å². The molecule has 0 spiro atoms. The maximum Gasteiger partial charge on any atom is 0.337 e. The number of carbonyl (C=O) groups excluding carboxylic acids is 1. The molecule has 0 saturated heterocycles. The van der Waals surface area contributed by atoms with Gasteiger partial charge in [-0.25, -0.2) is 9.78 Å². The summed E-state index contributed by atoms with van der Waals surface area (Å²) >= 11 is 1.69. The second kappa shape index (κ2) is 4.51. The fourth-order valence-corrected chi connectivity index (χ4v) is 2.75. The van der Waals surface area contributed by atoms with Crippen molar-refractivity contribution in [2.45, 2.75) is 6.92 Å². The lowest BCUT2D eigenvalue weighted by molar-refractivity contribution is 0.0601. The van der Waals surface area contributed by atoms with E-state index in [2.05, 4.69) is 23.0 Å². The highest BCUT2D eigenvalue weighted by molar-refractivity contribution is 7.15. The van der Waals surface area contributed by atoms with E-state index in [4.69, 9.17) is 4.74 Å². The lowest BCUT2D eigenvalue weighted by Crippen LogP contribution is -2.00. The standard InChI is InChI=1S/C14H12N2O2S/c1-8-3-6-12(19-8)13-15-10-5-4-9(14(17)18-2)7-11(10)16-13/h3-7H,1-2H3,(H,15,16). The summed E-state index contributed by atoms with van der Waals surface area (Å²) < 4.78 is 4.71. The Hall–Kier alpha value is -2.14. The molecule has 3 aromatic rings. The van der Waals surface area contributed by atoms with Crippen molar-refractivity contribution < 1.29 is 9.53 Å². The van der Waals surface area contributed by atoms with Crippen molar-refractivity contribution in [2.24, 2.45) is 0 Å². The Bertz CT molecular complexity index is 758. The molecule has 3 rings (SSSR count). The Balaban J connectivity index is 2.08. The van der Waals surface area contributed by atoms with Crippen molar-refractivity contribution >= 4 is 28.3 Å². The van der Waals surface area contributed by atoms with Crippen LogP contribution in [0, 0.1) is 6.92 Å². The number of H-pyrrole nitrogens is 1. The van der Waals surface area contributed by atoms with Crippen molar-refractivity contribution in [3.8, 4) is 10.7 Å². The molecule has 4 nitrogen and oxygen atoms in total. The van der Waals surface area contributed by atoms with Gasteiger partial charge in [-0.3, -0.25) is 0 Å². The lowest BCUT2D eigenvalue weighted by atomic mass is 10.2. The largest absolute Gasteiger partial charge is 0.465 e. The van der Waals surface area contributed by atoms with Crippen molar-refractivity contribution in [3.63, 3.8) is 0 Å². The van der Waals surface area contributed by atoms with Crippen LogP contribution in [0.3, 0.4) is 0 Å². The summed E-state index contributed by atoms with van der Waals surface area (Å²) in [7, 11) is 1.37.